The standard InChI is InChI=1S/C14H22N2O3/c1-4-14(5-2,10-17)9-15-12-8-11(3)6-7-13(12)16(18)19/h6-8,15,17H,4-5,9-10H2,1-3H3. The summed E-state index contributed by atoms with van der Waals surface area (Å²) in [5.74, 6) is 0. The van der Waals surface area contributed by atoms with E-state index in [-0.39, 0.29) is 22.6 Å². The maximum absolute atomic E-state index is 11.0. The van der Waals surface area contributed by atoms with Crippen LogP contribution in [0.15, 0.2) is 18.2 Å². The van der Waals surface area contributed by atoms with Gasteiger partial charge in [0.05, 0.1) is 11.5 Å². The average molecular weight is 266 g/mol. The molecule has 2 N–H and O–H groups in total. The molecule has 0 saturated heterocycles. The van der Waals surface area contributed by atoms with Crippen LogP contribution in [0.1, 0.15) is 32.3 Å². The lowest BCUT2D eigenvalue weighted by Crippen LogP contribution is -2.32. The van der Waals surface area contributed by atoms with Gasteiger partial charge in [-0.25, -0.2) is 0 Å². The highest BCUT2D eigenvalue weighted by Gasteiger charge is 2.26. The maximum Gasteiger partial charge on any atom is 0.292 e. The van der Waals surface area contributed by atoms with E-state index in [1.54, 1.807) is 12.1 Å². The summed E-state index contributed by atoms with van der Waals surface area (Å²) in [7, 11) is 0. The van der Waals surface area contributed by atoms with Crippen molar-refractivity contribution in [2.24, 2.45) is 5.41 Å². The Morgan fingerprint density at radius 2 is 2.00 bits per heavy atom. The number of nitrogens with one attached hydrogen (secondary N) is 1. The van der Waals surface area contributed by atoms with Crippen LogP contribution in [-0.2, 0) is 0 Å². The highest BCUT2D eigenvalue weighted by atomic mass is 16.6. The quantitative estimate of drug-likeness (QED) is 0.587. The van der Waals surface area contributed by atoms with Crippen molar-refractivity contribution in [3.8, 4) is 0 Å². The van der Waals surface area contributed by atoms with Crippen molar-refractivity contribution in [2.75, 3.05) is 18.5 Å². The molecule has 1 aromatic rings. The molecule has 0 radical (unpaired) electrons. The molecule has 0 aliphatic carbocycles. The minimum Gasteiger partial charge on any atom is -0.396 e. The van der Waals surface area contributed by atoms with Gasteiger partial charge in [-0.2, -0.15) is 0 Å². The van der Waals surface area contributed by atoms with Gasteiger partial charge in [0.25, 0.3) is 5.69 Å². The number of aryl methyl sites for hydroxylation is 1. The summed E-state index contributed by atoms with van der Waals surface area (Å²) in [4.78, 5) is 10.6. The van der Waals surface area contributed by atoms with Crippen molar-refractivity contribution in [3.63, 3.8) is 0 Å². The predicted octanol–water partition coefficient (Wildman–Crippen LogP) is 3.11. The number of benzene rings is 1. The Kier molecular flexibility index (Phi) is 5.30. The summed E-state index contributed by atoms with van der Waals surface area (Å²) in [5.41, 5.74) is 1.34. The van der Waals surface area contributed by atoms with Crippen LogP contribution in [0.3, 0.4) is 0 Å². The fourth-order valence-corrected chi connectivity index (χ4v) is 2.01. The lowest BCUT2D eigenvalue weighted by Gasteiger charge is -2.29. The number of nitrogens with zero attached hydrogens (tertiary/aromatic N) is 1. The van der Waals surface area contributed by atoms with Crippen LogP contribution in [0.4, 0.5) is 11.4 Å². The Morgan fingerprint density at radius 3 is 2.47 bits per heavy atom. The molecule has 0 amide bonds. The molecule has 0 saturated carbocycles. The summed E-state index contributed by atoms with van der Waals surface area (Å²) in [5, 5.41) is 23.6. The zero-order chi connectivity index (χ0) is 14.5. The number of hydrogen-bond acceptors (Lipinski definition) is 4. The van der Waals surface area contributed by atoms with E-state index in [2.05, 4.69) is 5.32 Å². The molecule has 1 rings (SSSR count). The molecule has 5 heteroatoms. The maximum atomic E-state index is 11.0. The predicted molar refractivity (Wildman–Crippen MR) is 76.4 cm³/mol. The van der Waals surface area contributed by atoms with E-state index in [0.717, 1.165) is 18.4 Å². The van der Waals surface area contributed by atoms with Crippen molar-refractivity contribution in [2.45, 2.75) is 33.6 Å². The van der Waals surface area contributed by atoms with Gasteiger partial charge >= 0.3 is 0 Å². The van der Waals surface area contributed by atoms with Crippen molar-refractivity contribution >= 4 is 11.4 Å². The molecule has 0 fully saturated rings. The lowest BCUT2D eigenvalue weighted by atomic mass is 9.83. The van der Waals surface area contributed by atoms with E-state index in [1.807, 2.05) is 20.8 Å². The highest BCUT2D eigenvalue weighted by molar-refractivity contribution is 5.62. The van der Waals surface area contributed by atoms with E-state index in [9.17, 15) is 15.2 Å². The topological polar surface area (TPSA) is 75.4 Å². The average Bonchev–Trinajstić information content (AvgIpc) is 2.40. The first-order chi connectivity index (χ1) is 8.98. The molecule has 1 aromatic carbocycles. The second kappa shape index (κ2) is 6.52. The number of rotatable bonds is 7. The van der Waals surface area contributed by atoms with Gasteiger partial charge in [0.1, 0.15) is 5.69 Å². The Bertz CT molecular complexity index is 434. The summed E-state index contributed by atoms with van der Waals surface area (Å²) in [6.07, 6.45) is 1.65. The Hall–Kier alpha value is -1.62. The summed E-state index contributed by atoms with van der Waals surface area (Å²) in [6.45, 7) is 6.54. The third kappa shape index (κ3) is 3.67. The zero-order valence-electron chi connectivity index (χ0n) is 11.8. The number of aliphatic hydroxyl groups excluding tert-OH is 1. The van der Waals surface area contributed by atoms with E-state index in [4.69, 9.17) is 0 Å². The number of nitro groups is 1. The van der Waals surface area contributed by atoms with Crippen LogP contribution in [0.25, 0.3) is 0 Å². The van der Waals surface area contributed by atoms with E-state index in [0.29, 0.717) is 12.2 Å². The number of nitro benzene ring substituents is 1. The normalized spacial score (nSPS) is 11.4. The second-order valence-corrected chi connectivity index (χ2v) is 5.00. The van der Waals surface area contributed by atoms with Crippen molar-refractivity contribution in [1.29, 1.82) is 0 Å². The first kappa shape index (κ1) is 15.4. The largest absolute Gasteiger partial charge is 0.396 e. The molecule has 0 atom stereocenters. The monoisotopic (exact) mass is 266 g/mol. The smallest absolute Gasteiger partial charge is 0.292 e. The van der Waals surface area contributed by atoms with Crippen molar-refractivity contribution in [3.05, 3.63) is 33.9 Å². The van der Waals surface area contributed by atoms with Gasteiger partial charge in [-0.3, -0.25) is 10.1 Å². The molecule has 0 unspecified atom stereocenters. The van der Waals surface area contributed by atoms with Gasteiger partial charge < -0.3 is 10.4 Å². The molecular formula is C14H22N2O3. The molecule has 0 aliphatic rings. The highest BCUT2D eigenvalue weighted by Crippen LogP contribution is 2.30. The van der Waals surface area contributed by atoms with Gasteiger partial charge in [0, 0.05) is 18.0 Å². The minimum atomic E-state index is -0.389. The second-order valence-electron chi connectivity index (χ2n) is 5.00. The third-order valence-electron chi connectivity index (χ3n) is 3.84. The van der Waals surface area contributed by atoms with Gasteiger partial charge in [0.2, 0.25) is 0 Å². The number of hydrogen-bond donors (Lipinski definition) is 2. The van der Waals surface area contributed by atoms with Gasteiger partial charge in [-0.1, -0.05) is 19.9 Å². The van der Waals surface area contributed by atoms with E-state index >= 15 is 0 Å². The van der Waals surface area contributed by atoms with Gasteiger partial charge in [0.15, 0.2) is 0 Å². The van der Waals surface area contributed by atoms with Crippen LogP contribution in [0.2, 0.25) is 0 Å². The lowest BCUT2D eigenvalue weighted by molar-refractivity contribution is -0.384. The first-order valence-electron chi connectivity index (χ1n) is 6.57. The molecule has 19 heavy (non-hydrogen) atoms. The van der Waals surface area contributed by atoms with Crippen LogP contribution in [0, 0.1) is 22.5 Å². The molecule has 0 spiro atoms. The molecule has 0 aliphatic heterocycles. The fraction of sp³-hybridized carbons (Fsp3) is 0.571. The Morgan fingerprint density at radius 1 is 1.37 bits per heavy atom. The Balaban J connectivity index is 2.93. The summed E-state index contributed by atoms with van der Waals surface area (Å²) >= 11 is 0. The minimum absolute atomic E-state index is 0.0737. The van der Waals surface area contributed by atoms with Gasteiger partial charge in [-0.15, -0.1) is 0 Å². The van der Waals surface area contributed by atoms with Crippen LogP contribution < -0.4 is 5.32 Å². The molecule has 5 nitrogen and oxygen atoms in total. The molecule has 106 valence electrons. The summed E-state index contributed by atoms with van der Waals surface area (Å²) in [6, 6.07) is 5.00. The molecular weight excluding hydrogens is 244 g/mol. The Labute approximate surface area is 113 Å². The SMILES string of the molecule is CCC(CC)(CO)CNc1cc(C)ccc1[N+](=O)[O-]. The summed E-state index contributed by atoms with van der Waals surface area (Å²) < 4.78 is 0. The van der Waals surface area contributed by atoms with E-state index in [1.165, 1.54) is 6.07 Å². The third-order valence-corrected chi connectivity index (χ3v) is 3.84. The van der Waals surface area contributed by atoms with Crippen molar-refractivity contribution in [1.82, 2.24) is 0 Å². The first-order valence-corrected chi connectivity index (χ1v) is 6.57. The van der Waals surface area contributed by atoms with Crippen molar-refractivity contribution < 1.29 is 10.0 Å². The van der Waals surface area contributed by atoms with Crippen LogP contribution >= 0.6 is 0 Å². The van der Waals surface area contributed by atoms with Crippen LogP contribution in [-0.4, -0.2) is 23.2 Å². The molecule has 0 bridgehead atoms. The molecule has 0 aromatic heterocycles. The number of anilines is 1. The molecule has 0 heterocycles. The van der Waals surface area contributed by atoms with Crippen LogP contribution in [0.5, 0.6) is 0 Å². The number of aliphatic hydroxyl groups is 1. The van der Waals surface area contributed by atoms with E-state index < -0.39 is 0 Å². The zero-order valence-corrected chi connectivity index (χ0v) is 11.8. The fourth-order valence-electron chi connectivity index (χ4n) is 2.01. The van der Waals surface area contributed by atoms with Gasteiger partial charge in [-0.05, 0) is 31.4 Å².